The Labute approximate surface area is 89.7 Å². The second-order valence-corrected chi connectivity index (χ2v) is 3.81. The SMILES string of the molecule is CCCSc1nc(C(=O)O)c(C(=O)O)[nH]1. The molecule has 15 heavy (non-hydrogen) atoms. The fourth-order valence-electron chi connectivity index (χ4n) is 0.928. The minimum Gasteiger partial charge on any atom is -0.477 e. The van der Waals surface area contributed by atoms with Crippen molar-refractivity contribution in [3.63, 3.8) is 0 Å². The summed E-state index contributed by atoms with van der Waals surface area (Å²) in [6.07, 6.45) is 0.899. The second-order valence-electron chi connectivity index (χ2n) is 2.72. The van der Waals surface area contributed by atoms with Crippen LogP contribution in [-0.2, 0) is 0 Å². The Morgan fingerprint density at radius 3 is 2.47 bits per heavy atom. The van der Waals surface area contributed by atoms with Gasteiger partial charge in [0.05, 0.1) is 0 Å². The van der Waals surface area contributed by atoms with Crippen LogP contribution in [-0.4, -0.2) is 37.9 Å². The first-order chi connectivity index (χ1) is 7.06. The van der Waals surface area contributed by atoms with Crippen molar-refractivity contribution in [2.45, 2.75) is 18.5 Å². The number of carbonyl (C=O) groups is 2. The lowest BCUT2D eigenvalue weighted by molar-refractivity contribution is 0.0644. The van der Waals surface area contributed by atoms with Gasteiger partial charge in [0.1, 0.15) is 0 Å². The molecule has 0 saturated heterocycles. The van der Waals surface area contributed by atoms with E-state index >= 15 is 0 Å². The molecule has 1 rings (SSSR count). The van der Waals surface area contributed by atoms with E-state index in [2.05, 4.69) is 9.97 Å². The molecule has 0 saturated carbocycles. The summed E-state index contributed by atoms with van der Waals surface area (Å²) >= 11 is 1.30. The summed E-state index contributed by atoms with van der Waals surface area (Å²) in [5.41, 5.74) is -0.817. The third-order valence-corrected chi connectivity index (χ3v) is 2.62. The van der Waals surface area contributed by atoms with Gasteiger partial charge in [-0.1, -0.05) is 18.7 Å². The number of H-pyrrole nitrogens is 1. The molecule has 0 bridgehead atoms. The number of carboxylic acids is 2. The van der Waals surface area contributed by atoms with Gasteiger partial charge in [0, 0.05) is 5.75 Å². The van der Waals surface area contributed by atoms with Crippen molar-refractivity contribution in [1.82, 2.24) is 9.97 Å². The minimum atomic E-state index is -1.34. The van der Waals surface area contributed by atoms with Crippen molar-refractivity contribution in [3.05, 3.63) is 11.4 Å². The molecule has 0 unspecified atom stereocenters. The van der Waals surface area contributed by atoms with Crippen molar-refractivity contribution >= 4 is 23.7 Å². The molecule has 0 aromatic carbocycles. The maximum Gasteiger partial charge on any atom is 0.357 e. The summed E-state index contributed by atoms with van der Waals surface area (Å²) in [4.78, 5) is 27.5. The lowest BCUT2D eigenvalue weighted by Gasteiger charge is -1.91. The van der Waals surface area contributed by atoms with Crippen LogP contribution in [0.15, 0.2) is 5.16 Å². The smallest absolute Gasteiger partial charge is 0.357 e. The molecule has 0 aliphatic rings. The van der Waals surface area contributed by atoms with Crippen LogP contribution in [0.3, 0.4) is 0 Å². The molecular weight excluding hydrogens is 220 g/mol. The molecule has 0 radical (unpaired) electrons. The standard InChI is InChI=1S/C8H10N2O4S/c1-2-3-15-8-9-4(6(11)12)5(10-8)7(13)14/h2-3H2,1H3,(H,9,10)(H,11,12)(H,13,14). The van der Waals surface area contributed by atoms with Crippen molar-refractivity contribution in [1.29, 1.82) is 0 Å². The van der Waals surface area contributed by atoms with Gasteiger partial charge in [-0.3, -0.25) is 0 Å². The van der Waals surface area contributed by atoms with Crippen LogP contribution in [0.25, 0.3) is 0 Å². The fourth-order valence-corrected chi connectivity index (χ4v) is 1.66. The largest absolute Gasteiger partial charge is 0.477 e. The Balaban J connectivity index is 2.98. The first kappa shape index (κ1) is 11.6. The highest BCUT2D eigenvalue weighted by molar-refractivity contribution is 7.99. The molecule has 1 aromatic rings. The zero-order valence-electron chi connectivity index (χ0n) is 7.98. The summed E-state index contributed by atoms with van der Waals surface area (Å²) in [5, 5.41) is 17.7. The van der Waals surface area contributed by atoms with Crippen LogP contribution in [0.4, 0.5) is 0 Å². The molecule has 0 aliphatic heterocycles. The van der Waals surface area contributed by atoms with Crippen LogP contribution < -0.4 is 0 Å². The summed E-state index contributed by atoms with van der Waals surface area (Å²) in [6, 6.07) is 0. The molecular formula is C8H10N2O4S. The Hall–Kier alpha value is -1.50. The number of nitrogens with one attached hydrogen (secondary N) is 1. The Kier molecular flexibility index (Phi) is 3.73. The number of hydrogen-bond acceptors (Lipinski definition) is 4. The van der Waals surface area contributed by atoms with Gasteiger partial charge in [0.15, 0.2) is 16.5 Å². The number of rotatable bonds is 5. The van der Waals surface area contributed by atoms with Gasteiger partial charge < -0.3 is 15.2 Å². The number of nitrogens with zero attached hydrogens (tertiary/aromatic N) is 1. The molecule has 0 amide bonds. The van der Waals surface area contributed by atoms with Gasteiger partial charge in [-0.2, -0.15) is 0 Å². The third kappa shape index (κ3) is 2.72. The molecule has 0 spiro atoms. The van der Waals surface area contributed by atoms with E-state index in [1.165, 1.54) is 11.8 Å². The number of hydrogen-bond donors (Lipinski definition) is 3. The van der Waals surface area contributed by atoms with Crippen LogP contribution in [0, 0.1) is 0 Å². The van der Waals surface area contributed by atoms with Gasteiger partial charge in [0.2, 0.25) is 0 Å². The predicted molar refractivity (Wildman–Crippen MR) is 53.5 cm³/mol. The number of carboxylic acid groups (broad SMARTS) is 2. The molecule has 0 atom stereocenters. The quantitative estimate of drug-likeness (QED) is 0.659. The molecule has 7 heteroatoms. The van der Waals surface area contributed by atoms with E-state index in [0.29, 0.717) is 5.16 Å². The van der Waals surface area contributed by atoms with Crippen molar-refractivity contribution < 1.29 is 19.8 Å². The Bertz CT molecular complexity index is 356. The number of imidazole rings is 1. The van der Waals surface area contributed by atoms with E-state index in [-0.39, 0.29) is 5.69 Å². The summed E-state index contributed by atoms with van der Waals surface area (Å²) in [7, 11) is 0. The van der Waals surface area contributed by atoms with Crippen LogP contribution >= 0.6 is 11.8 Å². The lowest BCUT2D eigenvalue weighted by atomic mass is 10.3. The number of thioether (sulfide) groups is 1. The van der Waals surface area contributed by atoms with Crippen LogP contribution in [0.1, 0.15) is 34.3 Å². The lowest BCUT2D eigenvalue weighted by Crippen LogP contribution is -2.07. The maximum absolute atomic E-state index is 10.7. The van der Waals surface area contributed by atoms with Crippen LogP contribution in [0.5, 0.6) is 0 Å². The fraction of sp³-hybridized carbons (Fsp3) is 0.375. The second kappa shape index (κ2) is 4.83. The zero-order chi connectivity index (χ0) is 11.4. The molecule has 3 N–H and O–H groups in total. The van der Waals surface area contributed by atoms with Crippen LogP contribution in [0.2, 0.25) is 0 Å². The van der Waals surface area contributed by atoms with E-state index < -0.39 is 17.6 Å². The molecule has 0 aliphatic carbocycles. The van der Waals surface area contributed by atoms with Gasteiger partial charge >= 0.3 is 11.9 Å². The minimum absolute atomic E-state index is 0.326. The van der Waals surface area contributed by atoms with Gasteiger partial charge in [-0.25, -0.2) is 14.6 Å². The zero-order valence-corrected chi connectivity index (χ0v) is 8.80. The van der Waals surface area contributed by atoms with E-state index in [1.807, 2.05) is 6.92 Å². The molecule has 1 aromatic heterocycles. The number of aromatic carboxylic acids is 2. The van der Waals surface area contributed by atoms with E-state index in [1.54, 1.807) is 0 Å². The third-order valence-electron chi connectivity index (χ3n) is 1.54. The van der Waals surface area contributed by atoms with Gasteiger partial charge in [0.25, 0.3) is 0 Å². The predicted octanol–water partition coefficient (Wildman–Crippen LogP) is 1.31. The summed E-state index contributed by atoms with van der Waals surface area (Å²) in [5.74, 6) is -1.90. The molecule has 82 valence electrons. The van der Waals surface area contributed by atoms with E-state index in [0.717, 1.165) is 12.2 Å². The Morgan fingerprint density at radius 1 is 1.40 bits per heavy atom. The maximum atomic E-state index is 10.7. The normalized spacial score (nSPS) is 10.2. The van der Waals surface area contributed by atoms with E-state index in [9.17, 15) is 9.59 Å². The number of aromatic amines is 1. The van der Waals surface area contributed by atoms with Gasteiger partial charge in [-0.05, 0) is 6.42 Å². The average Bonchev–Trinajstić information content (AvgIpc) is 2.58. The van der Waals surface area contributed by atoms with Gasteiger partial charge in [-0.15, -0.1) is 0 Å². The highest BCUT2D eigenvalue weighted by atomic mass is 32.2. The first-order valence-electron chi connectivity index (χ1n) is 4.25. The topological polar surface area (TPSA) is 103 Å². The molecule has 6 nitrogen and oxygen atoms in total. The molecule has 0 fully saturated rings. The average molecular weight is 230 g/mol. The number of aromatic nitrogens is 2. The Morgan fingerprint density at radius 2 is 2.07 bits per heavy atom. The van der Waals surface area contributed by atoms with Crippen molar-refractivity contribution in [2.24, 2.45) is 0 Å². The van der Waals surface area contributed by atoms with Crippen molar-refractivity contribution in [3.8, 4) is 0 Å². The summed E-state index contributed by atoms with van der Waals surface area (Å²) < 4.78 is 0. The van der Waals surface area contributed by atoms with E-state index in [4.69, 9.17) is 10.2 Å². The highest BCUT2D eigenvalue weighted by Crippen LogP contribution is 2.17. The molecule has 1 heterocycles. The first-order valence-corrected chi connectivity index (χ1v) is 5.24. The summed E-state index contributed by atoms with van der Waals surface area (Å²) in [6.45, 7) is 1.96. The van der Waals surface area contributed by atoms with Crippen molar-refractivity contribution in [2.75, 3.05) is 5.75 Å². The highest BCUT2D eigenvalue weighted by Gasteiger charge is 2.21. The monoisotopic (exact) mass is 230 g/mol.